The van der Waals surface area contributed by atoms with Crippen molar-refractivity contribution < 1.29 is 0 Å². The molecule has 2 aromatic heterocycles. The van der Waals surface area contributed by atoms with Crippen LogP contribution in [-0.4, -0.2) is 16.1 Å². The van der Waals surface area contributed by atoms with Crippen molar-refractivity contribution in [2.45, 2.75) is 39.3 Å². The van der Waals surface area contributed by atoms with Gasteiger partial charge in [0.05, 0.1) is 16.1 Å². The summed E-state index contributed by atoms with van der Waals surface area (Å²) in [5.41, 5.74) is 2.78. The van der Waals surface area contributed by atoms with Gasteiger partial charge < -0.3 is 0 Å². The molecule has 2 heterocycles. The van der Waals surface area contributed by atoms with Crippen LogP contribution in [0, 0.1) is 0 Å². The van der Waals surface area contributed by atoms with Crippen LogP contribution in [-0.2, 0) is 0 Å². The van der Waals surface area contributed by atoms with Crippen molar-refractivity contribution in [3.05, 3.63) is 97.1 Å². The van der Waals surface area contributed by atoms with E-state index in [9.17, 15) is 0 Å². The minimum atomic E-state index is -1.42. The predicted octanol–water partition coefficient (Wildman–Crippen LogP) is 10.8. The van der Waals surface area contributed by atoms with Gasteiger partial charge in [-0.25, -0.2) is 0 Å². The minimum absolute atomic E-state index is 1.30. The molecule has 0 aliphatic carbocycles. The molecule has 4 heteroatoms. The van der Waals surface area contributed by atoms with Crippen LogP contribution in [0.15, 0.2) is 97.1 Å². The third-order valence-electron chi connectivity index (χ3n) is 8.03. The average molecular weight is 587 g/mol. The molecule has 0 saturated heterocycles. The third-order valence-corrected chi connectivity index (χ3v) is 17.4. The van der Waals surface area contributed by atoms with Crippen molar-refractivity contribution >= 4 is 90.9 Å². The van der Waals surface area contributed by atoms with Gasteiger partial charge in [0.15, 0.2) is 0 Å². The summed E-state index contributed by atoms with van der Waals surface area (Å²) in [4.78, 5) is 2.78. The Morgan fingerprint density at radius 2 is 0.700 bits per heavy atom. The Morgan fingerprint density at radius 3 is 0.950 bits per heavy atom. The number of hydrogen-bond donors (Lipinski definition) is 0. The molecular formula is C36H34S2Si2. The van der Waals surface area contributed by atoms with Gasteiger partial charge in [-0.1, -0.05) is 99.9 Å². The van der Waals surface area contributed by atoms with Crippen LogP contribution >= 0.6 is 22.7 Å². The molecule has 0 amide bonds. The van der Waals surface area contributed by atoms with E-state index in [1.165, 1.54) is 64.0 Å². The van der Waals surface area contributed by atoms with Crippen molar-refractivity contribution in [3.63, 3.8) is 0 Å². The minimum Gasteiger partial charge on any atom is -0.145 e. The Bertz CT molecular complexity index is 1830. The van der Waals surface area contributed by atoms with Crippen LogP contribution in [0.5, 0.6) is 0 Å². The number of fused-ring (bicyclic) bond motifs is 4. The van der Waals surface area contributed by atoms with Crippen molar-refractivity contribution in [1.82, 2.24) is 0 Å². The van der Waals surface area contributed by atoms with E-state index in [2.05, 4.69) is 136 Å². The molecule has 0 aliphatic heterocycles. The molecule has 0 bridgehead atoms. The van der Waals surface area contributed by atoms with Gasteiger partial charge in [0.25, 0.3) is 0 Å². The van der Waals surface area contributed by atoms with E-state index in [0.717, 1.165) is 0 Å². The highest BCUT2D eigenvalue weighted by Crippen LogP contribution is 2.47. The third kappa shape index (κ3) is 4.29. The molecule has 0 radical (unpaired) electrons. The Hall–Kier alpha value is -3.03. The topological polar surface area (TPSA) is 0 Å². The maximum absolute atomic E-state index is 2.46. The molecule has 7 rings (SSSR count). The number of rotatable bonds is 4. The zero-order valence-electron chi connectivity index (χ0n) is 24.1. The molecule has 0 spiro atoms. The summed E-state index contributed by atoms with van der Waals surface area (Å²) in [6.07, 6.45) is 0. The molecule has 7 aromatic rings. The summed E-state index contributed by atoms with van der Waals surface area (Å²) in [5, 5.41) is 10.7. The van der Waals surface area contributed by atoms with Crippen LogP contribution in [0.25, 0.3) is 64.0 Å². The second-order valence-corrected chi connectivity index (χ2v) is 26.0. The van der Waals surface area contributed by atoms with Gasteiger partial charge in [-0.3, -0.25) is 0 Å². The lowest BCUT2D eigenvalue weighted by Gasteiger charge is -2.18. The van der Waals surface area contributed by atoms with Gasteiger partial charge in [-0.15, -0.1) is 22.7 Å². The molecule has 0 fully saturated rings. The first-order valence-corrected chi connectivity index (χ1v) is 22.7. The quantitative estimate of drug-likeness (QED) is 0.142. The van der Waals surface area contributed by atoms with Crippen molar-refractivity contribution in [2.24, 2.45) is 0 Å². The van der Waals surface area contributed by atoms with Crippen molar-refractivity contribution in [1.29, 1.82) is 0 Å². The van der Waals surface area contributed by atoms with Gasteiger partial charge in [-0.05, 0) is 88.5 Å². The Kier molecular flexibility index (Phi) is 5.99. The smallest absolute Gasteiger partial charge is 0.0904 e. The highest BCUT2D eigenvalue weighted by atomic mass is 32.1. The molecular weight excluding hydrogens is 553 g/mol. The fourth-order valence-corrected chi connectivity index (χ4v) is 11.8. The molecule has 0 N–H and O–H groups in total. The molecule has 0 atom stereocenters. The highest BCUT2D eigenvalue weighted by molar-refractivity contribution is 7.29. The maximum Gasteiger partial charge on any atom is 0.0904 e. The second kappa shape index (κ2) is 9.25. The first-order chi connectivity index (χ1) is 19.1. The summed E-state index contributed by atoms with van der Waals surface area (Å²) in [6.45, 7) is 14.7. The summed E-state index contributed by atoms with van der Waals surface area (Å²) in [6, 6.07) is 37.1. The summed E-state index contributed by atoms with van der Waals surface area (Å²) < 4.78 is 3.12. The van der Waals surface area contributed by atoms with E-state index < -0.39 is 16.1 Å². The van der Waals surface area contributed by atoms with Crippen LogP contribution in [0.3, 0.4) is 0 Å². The Balaban J connectivity index is 1.70. The van der Waals surface area contributed by atoms with E-state index in [0.29, 0.717) is 0 Å². The van der Waals surface area contributed by atoms with E-state index >= 15 is 0 Å². The molecule has 0 saturated carbocycles. The summed E-state index contributed by atoms with van der Waals surface area (Å²) >= 11 is 4.02. The molecule has 5 aromatic carbocycles. The zero-order valence-corrected chi connectivity index (χ0v) is 27.7. The van der Waals surface area contributed by atoms with Crippen LogP contribution in [0.4, 0.5) is 0 Å². The monoisotopic (exact) mass is 586 g/mol. The van der Waals surface area contributed by atoms with Gasteiger partial charge in [0, 0.05) is 20.9 Å². The van der Waals surface area contributed by atoms with Crippen molar-refractivity contribution in [2.75, 3.05) is 0 Å². The molecule has 198 valence electrons. The summed E-state index contributed by atoms with van der Waals surface area (Å²) in [5.74, 6) is 0. The van der Waals surface area contributed by atoms with E-state index in [-0.39, 0.29) is 0 Å². The largest absolute Gasteiger partial charge is 0.145 e. The maximum atomic E-state index is 2.46. The van der Waals surface area contributed by atoms with Gasteiger partial charge in [0.1, 0.15) is 0 Å². The Labute approximate surface area is 247 Å². The average Bonchev–Trinajstić information content (AvgIpc) is 3.60. The lowest BCUT2D eigenvalue weighted by Crippen LogP contribution is -2.34. The SMILES string of the molecule is C[Si](C)(C)c1ccc(-c2c3cc4ccccc4cc3c(-c3ccc([Si](C)(C)C)s3)c3cc4ccccc4cc23)s1. The van der Waals surface area contributed by atoms with Crippen LogP contribution < -0.4 is 9.00 Å². The first-order valence-electron chi connectivity index (χ1n) is 14.1. The molecule has 0 unspecified atom stereocenters. The second-order valence-electron chi connectivity index (χ2n) is 13.1. The van der Waals surface area contributed by atoms with Crippen LogP contribution in [0.1, 0.15) is 0 Å². The molecule has 40 heavy (non-hydrogen) atoms. The van der Waals surface area contributed by atoms with E-state index in [4.69, 9.17) is 0 Å². The highest BCUT2D eigenvalue weighted by Gasteiger charge is 2.25. The lowest BCUT2D eigenvalue weighted by atomic mass is 9.87. The van der Waals surface area contributed by atoms with Gasteiger partial charge in [-0.2, -0.15) is 0 Å². The number of thiophene rings is 2. The van der Waals surface area contributed by atoms with Gasteiger partial charge in [0.2, 0.25) is 0 Å². The first kappa shape index (κ1) is 25.9. The van der Waals surface area contributed by atoms with E-state index in [1.807, 2.05) is 22.7 Å². The molecule has 0 nitrogen and oxygen atoms in total. The number of hydrogen-bond acceptors (Lipinski definition) is 2. The van der Waals surface area contributed by atoms with Crippen LogP contribution in [0.2, 0.25) is 39.3 Å². The normalized spacial score (nSPS) is 12.8. The van der Waals surface area contributed by atoms with Gasteiger partial charge >= 0.3 is 0 Å². The summed E-state index contributed by atoms with van der Waals surface area (Å²) in [7, 11) is -2.84. The van der Waals surface area contributed by atoms with Crippen molar-refractivity contribution in [3.8, 4) is 20.9 Å². The lowest BCUT2D eigenvalue weighted by molar-refractivity contribution is 1.76. The van der Waals surface area contributed by atoms with E-state index in [1.54, 1.807) is 9.00 Å². The standard InChI is InChI=1S/C36H34S2Si2/c1-39(2,3)33-17-15-31(37-33)35-27-19-23-11-7-9-13-25(23)21-29(27)36(32-16-18-34(38-32)40(4,5)6)30-22-26-14-10-8-12-24(26)20-28(30)35/h7-22H,1-6H3. The fraction of sp³-hybridized carbons (Fsp3) is 0.167. The predicted molar refractivity (Wildman–Crippen MR) is 189 cm³/mol. The zero-order chi connectivity index (χ0) is 27.8. The number of benzene rings is 5. The Morgan fingerprint density at radius 1 is 0.400 bits per heavy atom. The molecule has 0 aliphatic rings. The fourth-order valence-electron chi connectivity index (χ4n) is 5.88.